The first-order valence-electron chi connectivity index (χ1n) is 6.01. The molecule has 0 spiro atoms. The number of aliphatic hydroxyl groups excluding tert-OH is 1. The van der Waals surface area contributed by atoms with Crippen molar-refractivity contribution in [3.05, 3.63) is 48.6 Å². The minimum absolute atomic E-state index is 0.120. The molecule has 0 unspecified atom stereocenters. The van der Waals surface area contributed by atoms with Crippen LogP contribution in [-0.2, 0) is 16.1 Å². The number of aliphatic hydroxyl groups is 1. The van der Waals surface area contributed by atoms with Crippen molar-refractivity contribution in [1.82, 2.24) is 10.2 Å². The monoisotopic (exact) mass is 262 g/mol. The molecule has 102 valence electrons. The second kappa shape index (κ2) is 8.05. The van der Waals surface area contributed by atoms with Gasteiger partial charge in [-0.1, -0.05) is 36.4 Å². The van der Waals surface area contributed by atoms with Crippen molar-refractivity contribution < 1.29 is 14.7 Å². The molecule has 0 saturated heterocycles. The molecule has 0 aromatic heterocycles. The Kier molecular flexibility index (Phi) is 6.32. The molecule has 5 heteroatoms. The van der Waals surface area contributed by atoms with Crippen LogP contribution in [0.4, 0.5) is 0 Å². The Hall–Kier alpha value is -2.14. The Labute approximate surface area is 112 Å². The molecule has 0 fully saturated rings. The Morgan fingerprint density at radius 2 is 2.00 bits per heavy atom. The number of nitrogens with one attached hydrogen (secondary N) is 1. The van der Waals surface area contributed by atoms with E-state index >= 15 is 0 Å². The summed E-state index contributed by atoms with van der Waals surface area (Å²) in [5, 5.41) is 11.4. The summed E-state index contributed by atoms with van der Waals surface area (Å²) in [6.45, 7) is 3.93. The Bertz CT molecular complexity index is 432. The van der Waals surface area contributed by atoms with Crippen LogP contribution in [0.2, 0.25) is 0 Å². The normalized spacial score (nSPS) is 9.74. The first kappa shape index (κ1) is 14.9. The fourth-order valence-electron chi connectivity index (χ4n) is 1.56. The number of carbonyl (C=O) groups excluding carboxylic acids is 2. The summed E-state index contributed by atoms with van der Waals surface area (Å²) in [5.41, 5.74) is 0.904. The van der Waals surface area contributed by atoms with Crippen LogP contribution in [-0.4, -0.2) is 41.5 Å². The molecule has 5 nitrogen and oxygen atoms in total. The second-order valence-corrected chi connectivity index (χ2v) is 3.93. The standard InChI is InChI=1S/C14H18N2O3/c1-2-8-15-13(18)14(19)16(9-10-17)11-12-6-4-3-5-7-12/h2-7,17H,1,8-11H2,(H,15,18). The smallest absolute Gasteiger partial charge is 0.312 e. The summed E-state index contributed by atoms with van der Waals surface area (Å²) in [4.78, 5) is 24.8. The van der Waals surface area contributed by atoms with Gasteiger partial charge >= 0.3 is 11.8 Å². The fourth-order valence-corrected chi connectivity index (χ4v) is 1.56. The van der Waals surface area contributed by atoms with Crippen molar-refractivity contribution in [3.8, 4) is 0 Å². The number of hydrogen-bond acceptors (Lipinski definition) is 3. The Morgan fingerprint density at radius 1 is 1.32 bits per heavy atom. The van der Waals surface area contributed by atoms with E-state index in [0.29, 0.717) is 6.54 Å². The second-order valence-electron chi connectivity index (χ2n) is 3.93. The third-order valence-corrected chi connectivity index (χ3v) is 2.47. The van der Waals surface area contributed by atoms with Crippen molar-refractivity contribution >= 4 is 11.8 Å². The van der Waals surface area contributed by atoms with Gasteiger partial charge in [0, 0.05) is 19.6 Å². The highest BCUT2D eigenvalue weighted by atomic mass is 16.3. The van der Waals surface area contributed by atoms with Gasteiger partial charge in [0.15, 0.2) is 0 Å². The number of hydrogen-bond donors (Lipinski definition) is 2. The molecule has 1 aromatic rings. The SMILES string of the molecule is C=CCNC(=O)C(=O)N(CCO)Cc1ccccc1. The third kappa shape index (κ3) is 4.93. The average Bonchev–Trinajstić information content (AvgIpc) is 2.44. The van der Waals surface area contributed by atoms with Gasteiger partial charge in [-0.15, -0.1) is 6.58 Å². The highest BCUT2D eigenvalue weighted by Crippen LogP contribution is 2.04. The van der Waals surface area contributed by atoms with E-state index in [-0.39, 0.29) is 19.7 Å². The minimum Gasteiger partial charge on any atom is -0.395 e. The highest BCUT2D eigenvalue weighted by molar-refractivity contribution is 6.35. The summed E-state index contributed by atoms with van der Waals surface area (Å²) in [6, 6.07) is 9.31. The number of nitrogens with zero attached hydrogens (tertiary/aromatic N) is 1. The lowest BCUT2D eigenvalue weighted by atomic mass is 10.2. The summed E-state index contributed by atoms with van der Waals surface area (Å²) < 4.78 is 0. The van der Waals surface area contributed by atoms with Crippen molar-refractivity contribution in [3.63, 3.8) is 0 Å². The van der Waals surface area contributed by atoms with Crippen LogP contribution in [0.3, 0.4) is 0 Å². The predicted octanol–water partition coefficient (Wildman–Crippen LogP) is 0.310. The first-order chi connectivity index (χ1) is 9.19. The molecule has 0 aliphatic heterocycles. The highest BCUT2D eigenvalue weighted by Gasteiger charge is 2.20. The summed E-state index contributed by atoms with van der Waals surface area (Å²) >= 11 is 0. The summed E-state index contributed by atoms with van der Waals surface area (Å²) in [6.07, 6.45) is 1.50. The van der Waals surface area contributed by atoms with Crippen molar-refractivity contribution in [2.75, 3.05) is 19.7 Å². The fraction of sp³-hybridized carbons (Fsp3) is 0.286. The zero-order chi connectivity index (χ0) is 14.1. The number of rotatable bonds is 6. The van der Waals surface area contributed by atoms with Crippen LogP contribution >= 0.6 is 0 Å². The van der Waals surface area contributed by atoms with E-state index in [1.165, 1.54) is 11.0 Å². The van der Waals surface area contributed by atoms with Gasteiger partial charge in [0.05, 0.1) is 6.61 Å². The Morgan fingerprint density at radius 3 is 2.58 bits per heavy atom. The van der Waals surface area contributed by atoms with E-state index in [2.05, 4.69) is 11.9 Å². The maximum atomic E-state index is 11.9. The van der Waals surface area contributed by atoms with E-state index < -0.39 is 11.8 Å². The zero-order valence-electron chi connectivity index (χ0n) is 10.7. The molecule has 2 N–H and O–H groups in total. The molecule has 2 amide bonds. The van der Waals surface area contributed by atoms with Crippen LogP contribution in [0.1, 0.15) is 5.56 Å². The molecular formula is C14H18N2O3. The van der Waals surface area contributed by atoms with Gasteiger partial charge in [0.2, 0.25) is 0 Å². The van der Waals surface area contributed by atoms with Gasteiger partial charge in [-0.05, 0) is 5.56 Å². The van der Waals surface area contributed by atoms with Crippen LogP contribution in [0.25, 0.3) is 0 Å². The Balaban J connectivity index is 2.68. The van der Waals surface area contributed by atoms with Gasteiger partial charge in [0.25, 0.3) is 0 Å². The maximum absolute atomic E-state index is 11.9. The quantitative estimate of drug-likeness (QED) is 0.572. The molecule has 0 aliphatic rings. The van der Waals surface area contributed by atoms with E-state index in [9.17, 15) is 9.59 Å². The van der Waals surface area contributed by atoms with E-state index in [0.717, 1.165) is 5.56 Å². The van der Waals surface area contributed by atoms with Crippen LogP contribution in [0.5, 0.6) is 0 Å². The number of benzene rings is 1. The minimum atomic E-state index is -0.690. The summed E-state index contributed by atoms with van der Waals surface area (Å²) in [5.74, 6) is -1.34. The van der Waals surface area contributed by atoms with Crippen molar-refractivity contribution in [1.29, 1.82) is 0 Å². The molecule has 1 rings (SSSR count). The molecule has 1 aromatic carbocycles. The third-order valence-electron chi connectivity index (χ3n) is 2.47. The molecule has 0 bridgehead atoms. The maximum Gasteiger partial charge on any atom is 0.312 e. The lowest BCUT2D eigenvalue weighted by Crippen LogP contribution is -2.43. The van der Waals surface area contributed by atoms with E-state index in [4.69, 9.17) is 5.11 Å². The number of amides is 2. The van der Waals surface area contributed by atoms with Crippen LogP contribution < -0.4 is 5.32 Å². The van der Waals surface area contributed by atoms with Crippen LogP contribution in [0.15, 0.2) is 43.0 Å². The molecule has 0 aliphatic carbocycles. The molecule has 0 radical (unpaired) electrons. The van der Waals surface area contributed by atoms with E-state index in [1.807, 2.05) is 30.3 Å². The van der Waals surface area contributed by atoms with Gasteiger partial charge < -0.3 is 15.3 Å². The summed E-state index contributed by atoms with van der Waals surface area (Å²) in [7, 11) is 0. The molecular weight excluding hydrogens is 244 g/mol. The molecule has 0 atom stereocenters. The van der Waals surface area contributed by atoms with Gasteiger partial charge in [0.1, 0.15) is 0 Å². The average molecular weight is 262 g/mol. The molecule has 0 heterocycles. The predicted molar refractivity (Wildman–Crippen MR) is 72.2 cm³/mol. The van der Waals surface area contributed by atoms with Crippen LogP contribution in [0, 0.1) is 0 Å². The molecule has 0 saturated carbocycles. The van der Waals surface area contributed by atoms with E-state index in [1.54, 1.807) is 0 Å². The van der Waals surface area contributed by atoms with Gasteiger partial charge in [-0.2, -0.15) is 0 Å². The van der Waals surface area contributed by atoms with Gasteiger partial charge in [-0.3, -0.25) is 9.59 Å². The van der Waals surface area contributed by atoms with Crippen molar-refractivity contribution in [2.24, 2.45) is 0 Å². The lowest BCUT2D eigenvalue weighted by Gasteiger charge is -2.21. The number of carbonyl (C=O) groups is 2. The molecule has 19 heavy (non-hydrogen) atoms. The largest absolute Gasteiger partial charge is 0.395 e. The van der Waals surface area contributed by atoms with Crippen molar-refractivity contribution in [2.45, 2.75) is 6.54 Å². The lowest BCUT2D eigenvalue weighted by molar-refractivity contribution is -0.146. The topological polar surface area (TPSA) is 69.6 Å². The zero-order valence-corrected chi connectivity index (χ0v) is 10.7. The first-order valence-corrected chi connectivity index (χ1v) is 6.01. The van der Waals surface area contributed by atoms with Gasteiger partial charge in [-0.25, -0.2) is 0 Å².